The van der Waals surface area contributed by atoms with Crippen LogP contribution >= 0.6 is 0 Å². The Morgan fingerprint density at radius 1 is 1.62 bits per heavy atom. The zero-order valence-corrected chi connectivity index (χ0v) is 9.32. The van der Waals surface area contributed by atoms with Crippen LogP contribution in [0.2, 0.25) is 0 Å². The highest BCUT2D eigenvalue weighted by Crippen LogP contribution is 2.32. The fourth-order valence-electron chi connectivity index (χ4n) is 2.24. The standard InChI is InChI=1S/C9H19N2OS/c1-3-9(8-13(10)12)5-4-6-11(2)7-9/h10H,3-8H2,1-2H3/q-1/t9-/m0/s1. The summed E-state index contributed by atoms with van der Waals surface area (Å²) in [5, 5.41) is 0. The zero-order valence-electron chi connectivity index (χ0n) is 8.51. The molecule has 1 saturated heterocycles. The summed E-state index contributed by atoms with van der Waals surface area (Å²) in [4.78, 5) is 2.29. The van der Waals surface area contributed by atoms with Gasteiger partial charge in [-0.25, -0.2) is 0 Å². The molecule has 0 aromatic rings. The highest BCUT2D eigenvalue weighted by atomic mass is 32.2. The minimum absolute atomic E-state index is 0.152. The van der Waals surface area contributed by atoms with Crippen LogP contribution in [0.4, 0.5) is 0 Å². The fourth-order valence-corrected chi connectivity index (χ4v) is 3.24. The predicted molar refractivity (Wildman–Crippen MR) is 55.1 cm³/mol. The molecule has 1 rings (SSSR count). The summed E-state index contributed by atoms with van der Waals surface area (Å²) in [5.74, 6) is 0.549. The highest BCUT2D eigenvalue weighted by Gasteiger charge is 2.29. The van der Waals surface area contributed by atoms with E-state index in [1.807, 2.05) is 0 Å². The molecule has 1 aliphatic heterocycles. The quantitative estimate of drug-likeness (QED) is 0.711. The van der Waals surface area contributed by atoms with Gasteiger partial charge in [0.15, 0.2) is 0 Å². The van der Waals surface area contributed by atoms with Crippen molar-refractivity contribution in [1.82, 2.24) is 4.90 Å². The average Bonchev–Trinajstić information content (AvgIpc) is 2.03. The Labute approximate surface area is 82.5 Å². The van der Waals surface area contributed by atoms with Crippen molar-refractivity contribution in [3.8, 4) is 0 Å². The third-order valence-electron chi connectivity index (χ3n) is 3.04. The van der Waals surface area contributed by atoms with E-state index in [0.717, 1.165) is 25.9 Å². The molecule has 0 bridgehead atoms. The summed E-state index contributed by atoms with van der Waals surface area (Å²) >= 11 is 0. The molecular formula is C9H19N2OS-. The second-order valence-electron chi connectivity index (χ2n) is 4.18. The van der Waals surface area contributed by atoms with E-state index in [1.54, 1.807) is 0 Å². The number of nitrogens with one attached hydrogen (secondary N) is 1. The van der Waals surface area contributed by atoms with Crippen molar-refractivity contribution in [3.63, 3.8) is 0 Å². The lowest BCUT2D eigenvalue weighted by molar-refractivity contribution is 0.125. The van der Waals surface area contributed by atoms with Gasteiger partial charge in [0.25, 0.3) is 0 Å². The summed E-state index contributed by atoms with van der Waals surface area (Å²) in [7, 11) is 0.714. The smallest absolute Gasteiger partial charge is 0.00189 e. The molecular weight excluding hydrogens is 184 g/mol. The molecule has 0 spiro atoms. The topological polar surface area (TPSA) is 44.2 Å². The van der Waals surface area contributed by atoms with Crippen LogP contribution in [0.1, 0.15) is 26.2 Å². The molecule has 1 aliphatic rings. The number of rotatable bonds is 3. The van der Waals surface area contributed by atoms with Crippen LogP contribution in [0.5, 0.6) is 0 Å². The van der Waals surface area contributed by atoms with Gasteiger partial charge in [-0.2, -0.15) is 10.6 Å². The lowest BCUT2D eigenvalue weighted by Gasteiger charge is -2.42. The highest BCUT2D eigenvalue weighted by molar-refractivity contribution is 7.73. The summed E-state index contributed by atoms with van der Waals surface area (Å²) in [5.41, 5.74) is 0.152. The number of piperidine rings is 1. The zero-order chi connectivity index (χ0) is 9.90. The van der Waals surface area contributed by atoms with E-state index in [2.05, 4.69) is 18.9 Å². The van der Waals surface area contributed by atoms with E-state index in [1.165, 1.54) is 6.42 Å². The molecule has 0 aromatic carbocycles. The largest absolute Gasteiger partial charge is 0.445 e. The molecule has 0 amide bonds. The second kappa shape index (κ2) is 4.42. The van der Waals surface area contributed by atoms with E-state index in [-0.39, 0.29) is 5.41 Å². The lowest BCUT2D eigenvalue weighted by atomic mass is 9.79. The van der Waals surface area contributed by atoms with Gasteiger partial charge < -0.3 is 13.9 Å². The van der Waals surface area contributed by atoms with Crippen molar-refractivity contribution in [3.05, 3.63) is 0 Å². The van der Waals surface area contributed by atoms with Crippen LogP contribution in [0.3, 0.4) is 0 Å². The average molecular weight is 203 g/mol. The molecule has 0 aliphatic carbocycles. The van der Waals surface area contributed by atoms with Gasteiger partial charge in [-0.3, -0.25) is 0 Å². The molecule has 0 unspecified atom stereocenters. The third kappa shape index (κ3) is 2.95. The van der Waals surface area contributed by atoms with Gasteiger partial charge in [0, 0.05) is 6.54 Å². The molecule has 3 nitrogen and oxygen atoms in total. The maximum Gasteiger partial charge on any atom is 0.00189 e. The van der Waals surface area contributed by atoms with E-state index in [9.17, 15) is 4.21 Å². The minimum atomic E-state index is -1.39. The third-order valence-corrected chi connectivity index (χ3v) is 3.91. The normalized spacial score (nSPS) is 31.0. The van der Waals surface area contributed by atoms with Crippen molar-refractivity contribution >= 4 is 10.6 Å². The van der Waals surface area contributed by atoms with E-state index in [4.69, 9.17) is 4.78 Å². The van der Waals surface area contributed by atoms with Gasteiger partial charge in [-0.15, -0.1) is 0 Å². The second-order valence-corrected chi connectivity index (χ2v) is 5.16. The van der Waals surface area contributed by atoms with Gasteiger partial charge in [-0.05, 0) is 31.8 Å². The van der Waals surface area contributed by atoms with Crippen LogP contribution < -0.4 is 0 Å². The van der Waals surface area contributed by atoms with Crippen LogP contribution in [-0.2, 0) is 14.8 Å². The number of hydrogen-bond donors (Lipinski definition) is 1. The van der Waals surface area contributed by atoms with Crippen molar-refractivity contribution < 1.29 is 4.21 Å². The van der Waals surface area contributed by atoms with Crippen molar-refractivity contribution in [2.75, 3.05) is 25.9 Å². The minimum Gasteiger partial charge on any atom is -0.445 e. The fraction of sp³-hybridized carbons (Fsp3) is 1.00. The number of likely N-dealkylation sites (tertiary alicyclic amines) is 1. The molecule has 4 heteroatoms. The van der Waals surface area contributed by atoms with Gasteiger partial charge in [0.1, 0.15) is 0 Å². The van der Waals surface area contributed by atoms with Gasteiger partial charge in [-0.1, -0.05) is 19.1 Å². The maximum absolute atomic E-state index is 10.9. The first-order valence-electron chi connectivity index (χ1n) is 4.86. The molecule has 13 heavy (non-hydrogen) atoms. The van der Waals surface area contributed by atoms with Crippen LogP contribution in [0.25, 0.3) is 0 Å². The molecule has 1 heterocycles. The number of nitrogens with zero attached hydrogens (tertiary/aromatic N) is 1. The molecule has 1 N–H and O–H groups in total. The molecule has 0 aromatic heterocycles. The molecule has 0 radical (unpaired) electrons. The Morgan fingerprint density at radius 3 is 2.77 bits per heavy atom. The summed E-state index contributed by atoms with van der Waals surface area (Å²) < 4.78 is 18.1. The Morgan fingerprint density at radius 2 is 2.31 bits per heavy atom. The first kappa shape index (κ1) is 11.0. The van der Waals surface area contributed by atoms with Crippen molar-refractivity contribution in [2.45, 2.75) is 26.2 Å². The first-order valence-corrected chi connectivity index (χ1v) is 6.18. The van der Waals surface area contributed by atoms with Gasteiger partial charge in [0.2, 0.25) is 0 Å². The molecule has 1 fully saturated rings. The van der Waals surface area contributed by atoms with Crippen molar-refractivity contribution in [1.29, 1.82) is 4.78 Å². The Bertz CT molecular complexity index is 232. The number of hydrogen-bond acceptors (Lipinski definition) is 4. The summed E-state index contributed by atoms with van der Waals surface area (Å²) in [6.45, 7) is 4.30. The van der Waals surface area contributed by atoms with Crippen molar-refractivity contribution in [2.24, 2.45) is 5.41 Å². The lowest BCUT2D eigenvalue weighted by Crippen LogP contribution is -2.43. The maximum atomic E-state index is 10.9. The predicted octanol–water partition coefficient (Wildman–Crippen LogP) is 1.83. The van der Waals surface area contributed by atoms with Gasteiger partial charge in [0.05, 0.1) is 0 Å². The SMILES string of the molecule is CC[C@]1(C[S-](=N)=O)CCCN(C)C1. The molecule has 1 atom stereocenters. The van der Waals surface area contributed by atoms with E-state index < -0.39 is 10.6 Å². The molecule has 78 valence electrons. The Hall–Kier alpha value is -0.0900. The Kier molecular flexibility index (Phi) is 3.74. The molecule has 0 saturated carbocycles. The first-order chi connectivity index (χ1) is 6.08. The summed E-state index contributed by atoms with van der Waals surface area (Å²) in [6, 6.07) is 0. The van der Waals surface area contributed by atoms with E-state index >= 15 is 0 Å². The Balaban J connectivity index is 2.67. The van der Waals surface area contributed by atoms with Crippen LogP contribution in [0, 0.1) is 10.2 Å². The van der Waals surface area contributed by atoms with Crippen LogP contribution in [0.15, 0.2) is 0 Å². The van der Waals surface area contributed by atoms with Crippen LogP contribution in [-0.4, -0.2) is 30.8 Å². The summed E-state index contributed by atoms with van der Waals surface area (Å²) in [6.07, 6.45) is 3.36. The van der Waals surface area contributed by atoms with Gasteiger partial charge >= 0.3 is 0 Å². The van der Waals surface area contributed by atoms with E-state index in [0.29, 0.717) is 5.75 Å². The monoisotopic (exact) mass is 203 g/mol.